The van der Waals surface area contributed by atoms with E-state index in [4.69, 9.17) is 16.3 Å². The average molecular weight is 302 g/mol. The van der Waals surface area contributed by atoms with E-state index in [9.17, 15) is 0 Å². The maximum atomic E-state index is 6.00. The molecule has 2 nitrogen and oxygen atoms in total. The molecule has 21 heavy (non-hydrogen) atoms. The summed E-state index contributed by atoms with van der Waals surface area (Å²) in [6.45, 7) is 2.07. The molecule has 0 saturated heterocycles. The molecule has 3 heteroatoms. The summed E-state index contributed by atoms with van der Waals surface area (Å²) < 4.78 is 5.50. The second-order valence-electron chi connectivity index (χ2n) is 5.71. The Morgan fingerprint density at radius 2 is 1.86 bits per heavy atom. The van der Waals surface area contributed by atoms with Gasteiger partial charge in [-0.25, -0.2) is 0 Å². The first-order chi connectivity index (χ1) is 10.2. The summed E-state index contributed by atoms with van der Waals surface area (Å²) in [6.07, 6.45) is 2.54. The van der Waals surface area contributed by atoms with Crippen LogP contribution in [0, 0.1) is 12.8 Å². The fraction of sp³-hybridized carbons (Fsp3) is 0.333. The quantitative estimate of drug-likeness (QED) is 0.817. The van der Waals surface area contributed by atoms with Gasteiger partial charge in [0.15, 0.2) is 0 Å². The van der Waals surface area contributed by atoms with Crippen LogP contribution in [0.1, 0.15) is 30.0 Å². The molecular formula is C18H20ClNO. The fourth-order valence-electron chi connectivity index (χ4n) is 2.66. The highest BCUT2D eigenvalue weighted by Crippen LogP contribution is 2.44. The van der Waals surface area contributed by atoms with Crippen molar-refractivity contribution in [1.82, 2.24) is 0 Å². The van der Waals surface area contributed by atoms with Gasteiger partial charge in [-0.15, -0.1) is 0 Å². The molecule has 0 heterocycles. The maximum absolute atomic E-state index is 6.00. The number of methoxy groups -OCH3 is 1. The van der Waals surface area contributed by atoms with Crippen molar-refractivity contribution in [2.75, 3.05) is 12.4 Å². The Hall–Kier alpha value is -1.67. The van der Waals surface area contributed by atoms with E-state index in [0.29, 0.717) is 12.0 Å². The summed E-state index contributed by atoms with van der Waals surface area (Å²) >= 11 is 6.00. The van der Waals surface area contributed by atoms with Crippen LogP contribution in [0.2, 0.25) is 5.02 Å². The molecule has 2 aromatic rings. The van der Waals surface area contributed by atoms with Crippen LogP contribution in [0.25, 0.3) is 0 Å². The molecule has 2 aromatic carbocycles. The molecule has 3 rings (SSSR count). The molecule has 0 spiro atoms. The van der Waals surface area contributed by atoms with Crippen molar-refractivity contribution in [3.63, 3.8) is 0 Å². The van der Waals surface area contributed by atoms with Gasteiger partial charge in [0.1, 0.15) is 5.75 Å². The second-order valence-corrected chi connectivity index (χ2v) is 6.15. The number of nitrogens with one attached hydrogen (secondary N) is 1. The van der Waals surface area contributed by atoms with Crippen molar-refractivity contribution < 1.29 is 4.74 Å². The van der Waals surface area contributed by atoms with E-state index in [2.05, 4.69) is 42.6 Å². The Morgan fingerprint density at radius 3 is 2.48 bits per heavy atom. The van der Waals surface area contributed by atoms with Gasteiger partial charge in [0.05, 0.1) is 18.8 Å². The van der Waals surface area contributed by atoms with E-state index in [1.165, 1.54) is 24.0 Å². The molecule has 1 fully saturated rings. The molecule has 1 aliphatic carbocycles. The number of hydrogen-bond donors (Lipinski definition) is 1. The maximum Gasteiger partial charge on any atom is 0.142 e. The van der Waals surface area contributed by atoms with Crippen molar-refractivity contribution in [1.29, 1.82) is 0 Å². The lowest BCUT2D eigenvalue weighted by Crippen LogP contribution is -2.13. The highest BCUT2D eigenvalue weighted by Gasteiger charge is 2.32. The smallest absolute Gasteiger partial charge is 0.142 e. The number of benzene rings is 2. The van der Waals surface area contributed by atoms with Crippen molar-refractivity contribution in [3.05, 3.63) is 58.6 Å². The zero-order chi connectivity index (χ0) is 14.8. The largest absolute Gasteiger partial charge is 0.495 e. The molecule has 110 valence electrons. The summed E-state index contributed by atoms with van der Waals surface area (Å²) in [6, 6.07) is 14.7. The first-order valence-corrected chi connectivity index (χ1v) is 7.72. The molecule has 0 bridgehead atoms. The van der Waals surface area contributed by atoms with E-state index in [-0.39, 0.29) is 0 Å². The summed E-state index contributed by atoms with van der Waals surface area (Å²) in [7, 11) is 1.72. The number of anilines is 1. The summed E-state index contributed by atoms with van der Waals surface area (Å²) in [5.41, 5.74) is 3.53. The van der Waals surface area contributed by atoms with Crippen molar-refractivity contribution in [3.8, 4) is 5.75 Å². The monoisotopic (exact) mass is 301 g/mol. The lowest BCUT2D eigenvalue weighted by molar-refractivity contribution is 0.415. The zero-order valence-electron chi connectivity index (χ0n) is 12.4. The Balaban J connectivity index is 1.87. The van der Waals surface area contributed by atoms with Gasteiger partial charge in [0.25, 0.3) is 0 Å². The van der Waals surface area contributed by atoms with Crippen LogP contribution in [-0.2, 0) is 0 Å². The molecular weight excluding hydrogens is 282 g/mol. The molecule has 0 aliphatic heterocycles. The zero-order valence-corrected chi connectivity index (χ0v) is 13.2. The topological polar surface area (TPSA) is 21.3 Å². The Kier molecular flexibility index (Phi) is 4.07. The number of ether oxygens (including phenoxy) is 1. The van der Waals surface area contributed by atoms with E-state index >= 15 is 0 Å². The number of rotatable bonds is 5. The minimum atomic E-state index is 0.318. The molecule has 1 atom stereocenters. The molecule has 1 aliphatic rings. The van der Waals surface area contributed by atoms with Crippen molar-refractivity contribution in [2.24, 2.45) is 5.92 Å². The van der Waals surface area contributed by atoms with Gasteiger partial charge in [0.2, 0.25) is 0 Å². The lowest BCUT2D eigenvalue weighted by Gasteiger charge is -2.22. The molecule has 0 radical (unpaired) electrons. The summed E-state index contributed by atoms with van der Waals surface area (Å²) in [5, 5.41) is 4.43. The van der Waals surface area contributed by atoms with Crippen LogP contribution in [0.15, 0.2) is 42.5 Å². The minimum Gasteiger partial charge on any atom is -0.495 e. The summed E-state index contributed by atoms with van der Waals surface area (Å²) in [4.78, 5) is 0. The Labute approximate surface area is 131 Å². The predicted octanol–water partition coefficient (Wildman–Crippen LogP) is 5.22. The van der Waals surface area contributed by atoms with E-state index < -0.39 is 0 Å². The normalized spacial score (nSPS) is 15.6. The SMILES string of the molecule is COc1cc(C)ccc1NC(c1ccc(Cl)cc1)C1CC1. The van der Waals surface area contributed by atoms with Crippen molar-refractivity contribution in [2.45, 2.75) is 25.8 Å². The first-order valence-electron chi connectivity index (χ1n) is 7.34. The number of aryl methyl sites for hydroxylation is 1. The van der Waals surface area contributed by atoms with E-state index in [1.807, 2.05) is 12.1 Å². The van der Waals surface area contributed by atoms with Crippen LogP contribution in [0.3, 0.4) is 0 Å². The van der Waals surface area contributed by atoms with Gasteiger partial charge in [-0.05, 0) is 61.1 Å². The minimum absolute atomic E-state index is 0.318. The molecule has 0 aromatic heterocycles. The average Bonchev–Trinajstić information content (AvgIpc) is 3.31. The highest BCUT2D eigenvalue weighted by atomic mass is 35.5. The van der Waals surface area contributed by atoms with Crippen LogP contribution >= 0.6 is 11.6 Å². The third-order valence-electron chi connectivity index (χ3n) is 3.99. The van der Waals surface area contributed by atoms with Crippen LogP contribution in [-0.4, -0.2) is 7.11 Å². The van der Waals surface area contributed by atoms with E-state index in [1.54, 1.807) is 7.11 Å². The molecule has 0 amide bonds. The first kappa shape index (κ1) is 14.3. The van der Waals surface area contributed by atoms with Crippen LogP contribution in [0.5, 0.6) is 5.75 Å². The Bertz CT molecular complexity index is 620. The predicted molar refractivity (Wildman–Crippen MR) is 88.3 cm³/mol. The van der Waals surface area contributed by atoms with Gasteiger partial charge in [-0.2, -0.15) is 0 Å². The number of halogens is 1. The highest BCUT2D eigenvalue weighted by molar-refractivity contribution is 6.30. The second kappa shape index (κ2) is 5.98. The van der Waals surface area contributed by atoms with Crippen LogP contribution in [0.4, 0.5) is 5.69 Å². The van der Waals surface area contributed by atoms with Gasteiger partial charge in [-0.3, -0.25) is 0 Å². The molecule has 1 unspecified atom stereocenters. The Morgan fingerprint density at radius 1 is 1.14 bits per heavy atom. The lowest BCUT2D eigenvalue weighted by atomic mass is 10.0. The van der Waals surface area contributed by atoms with E-state index in [0.717, 1.165) is 16.5 Å². The molecule has 1 N–H and O–H groups in total. The fourth-order valence-corrected chi connectivity index (χ4v) is 2.78. The van der Waals surface area contributed by atoms with Gasteiger partial charge in [-0.1, -0.05) is 29.8 Å². The number of hydrogen-bond acceptors (Lipinski definition) is 2. The van der Waals surface area contributed by atoms with Crippen molar-refractivity contribution >= 4 is 17.3 Å². The van der Waals surface area contributed by atoms with Gasteiger partial charge < -0.3 is 10.1 Å². The summed E-state index contributed by atoms with van der Waals surface area (Å²) in [5.74, 6) is 1.59. The van der Waals surface area contributed by atoms with Gasteiger partial charge >= 0.3 is 0 Å². The third-order valence-corrected chi connectivity index (χ3v) is 4.24. The molecule has 1 saturated carbocycles. The standard InChI is InChI=1S/C18H20ClNO/c1-12-3-10-16(17(11-12)21-2)20-18(13-4-5-13)14-6-8-15(19)9-7-14/h3,6-11,13,18,20H,4-5H2,1-2H3. The van der Waals surface area contributed by atoms with Crippen LogP contribution < -0.4 is 10.1 Å². The van der Waals surface area contributed by atoms with Gasteiger partial charge in [0, 0.05) is 5.02 Å². The third kappa shape index (κ3) is 3.33.